The van der Waals surface area contributed by atoms with Crippen molar-refractivity contribution in [1.29, 1.82) is 0 Å². The Bertz CT molecular complexity index is 557. The molecular formula is C13H19BrF2N2O2S. The van der Waals surface area contributed by atoms with E-state index in [2.05, 4.69) is 26.0 Å². The Hall–Kier alpha value is -0.730. The first-order valence-electron chi connectivity index (χ1n) is 6.59. The predicted molar refractivity (Wildman–Crippen MR) is 83.8 cm³/mol. The number of hydrogen-bond donors (Lipinski definition) is 2. The van der Waals surface area contributed by atoms with Crippen LogP contribution in [0.2, 0.25) is 0 Å². The lowest BCUT2D eigenvalue weighted by molar-refractivity contribution is 0.560. The van der Waals surface area contributed by atoms with Crippen molar-refractivity contribution in [2.45, 2.75) is 32.7 Å². The summed E-state index contributed by atoms with van der Waals surface area (Å²) in [5, 5.41) is 3.18. The van der Waals surface area contributed by atoms with Gasteiger partial charge in [-0.1, -0.05) is 13.8 Å². The van der Waals surface area contributed by atoms with Crippen molar-refractivity contribution in [2.24, 2.45) is 0 Å². The third-order valence-corrected chi connectivity index (χ3v) is 4.62. The predicted octanol–water partition coefficient (Wildman–Crippen LogP) is 3.25. The maximum absolute atomic E-state index is 13.6. The Balaban J connectivity index is 2.57. The molecule has 2 N–H and O–H groups in total. The number of unbranched alkanes of at least 4 members (excludes halogenated alkanes) is 1. The monoisotopic (exact) mass is 384 g/mol. The van der Waals surface area contributed by atoms with Gasteiger partial charge in [-0.2, -0.15) is 0 Å². The highest BCUT2D eigenvalue weighted by Gasteiger charge is 2.16. The van der Waals surface area contributed by atoms with E-state index in [-0.39, 0.29) is 15.9 Å². The summed E-state index contributed by atoms with van der Waals surface area (Å²) < 4.78 is 52.4. The van der Waals surface area contributed by atoms with Crippen LogP contribution in [0.1, 0.15) is 26.7 Å². The lowest BCUT2D eigenvalue weighted by Crippen LogP contribution is -2.24. The van der Waals surface area contributed by atoms with Gasteiger partial charge in [0.1, 0.15) is 5.82 Å². The molecule has 0 saturated carbocycles. The van der Waals surface area contributed by atoms with Gasteiger partial charge >= 0.3 is 0 Å². The van der Waals surface area contributed by atoms with Crippen molar-refractivity contribution in [2.75, 3.05) is 17.0 Å². The fraction of sp³-hybridized carbons (Fsp3) is 0.538. The maximum Gasteiger partial charge on any atom is 0.232 e. The summed E-state index contributed by atoms with van der Waals surface area (Å²) in [6.45, 7) is 4.74. The number of anilines is 1. The molecule has 1 aromatic carbocycles. The summed E-state index contributed by atoms with van der Waals surface area (Å²) in [6, 6.07) is 1.99. The van der Waals surface area contributed by atoms with Crippen LogP contribution in [0.5, 0.6) is 0 Å². The summed E-state index contributed by atoms with van der Waals surface area (Å²) in [5.41, 5.74) is -0.267. The van der Waals surface area contributed by atoms with E-state index in [0.29, 0.717) is 24.9 Å². The molecule has 0 radical (unpaired) electrons. The van der Waals surface area contributed by atoms with Crippen LogP contribution in [0, 0.1) is 11.6 Å². The lowest BCUT2D eigenvalue weighted by atomic mass is 10.3. The molecule has 120 valence electrons. The van der Waals surface area contributed by atoms with Gasteiger partial charge in [-0.15, -0.1) is 0 Å². The van der Waals surface area contributed by atoms with Gasteiger partial charge in [0.2, 0.25) is 10.0 Å². The quantitative estimate of drug-likeness (QED) is 0.676. The molecule has 0 atom stereocenters. The first-order chi connectivity index (χ1) is 9.71. The third kappa shape index (κ3) is 6.71. The molecule has 0 fully saturated rings. The number of benzene rings is 1. The van der Waals surface area contributed by atoms with Crippen molar-refractivity contribution in [3.8, 4) is 0 Å². The minimum Gasteiger partial charge on any atom is -0.315 e. The minimum atomic E-state index is -3.66. The molecule has 0 aliphatic carbocycles. The number of halogens is 3. The van der Waals surface area contributed by atoms with Crippen LogP contribution in [0.3, 0.4) is 0 Å². The summed E-state index contributed by atoms with van der Waals surface area (Å²) in [6.07, 6.45) is 1.15. The van der Waals surface area contributed by atoms with E-state index in [1.807, 2.05) is 13.8 Å². The summed E-state index contributed by atoms with van der Waals surface area (Å²) in [4.78, 5) is 0. The van der Waals surface area contributed by atoms with E-state index >= 15 is 0 Å². The van der Waals surface area contributed by atoms with Crippen LogP contribution in [-0.4, -0.2) is 26.8 Å². The molecule has 1 rings (SSSR count). The van der Waals surface area contributed by atoms with Gasteiger partial charge in [0.25, 0.3) is 0 Å². The van der Waals surface area contributed by atoms with Crippen LogP contribution < -0.4 is 10.0 Å². The fourth-order valence-corrected chi connectivity index (χ4v) is 3.50. The van der Waals surface area contributed by atoms with Crippen molar-refractivity contribution < 1.29 is 17.2 Å². The van der Waals surface area contributed by atoms with Crippen molar-refractivity contribution >= 4 is 31.6 Å². The van der Waals surface area contributed by atoms with E-state index in [1.165, 1.54) is 0 Å². The second-order valence-corrected chi connectivity index (χ2v) is 7.68. The molecule has 8 heteroatoms. The zero-order valence-corrected chi connectivity index (χ0v) is 14.3. The minimum absolute atomic E-state index is 0.0325. The molecule has 0 unspecified atom stereocenters. The topological polar surface area (TPSA) is 58.2 Å². The van der Waals surface area contributed by atoms with Crippen LogP contribution >= 0.6 is 15.9 Å². The van der Waals surface area contributed by atoms with Gasteiger partial charge in [-0.05, 0) is 41.4 Å². The summed E-state index contributed by atoms with van der Waals surface area (Å²) in [7, 11) is -3.66. The highest BCUT2D eigenvalue weighted by Crippen LogP contribution is 2.27. The average Bonchev–Trinajstić information content (AvgIpc) is 2.33. The molecule has 0 amide bonds. The molecule has 0 saturated heterocycles. The highest BCUT2D eigenvalue weighted by atomic mass is 79.9. The van der Waals surface area contributed by atoms with Crippen LogP contribution in [0.4, 0.5) is 14.5 Å². The van der Waals surface area contributed by atoms with E-state index in [1.54, 1.807) is 0 Å². The second-order valence-electron chi connectivity index (χ2n) is 4.98. The van der Waals surface area contributed by atoms with Crippen molar-refractivity contribution in [3.05, 3.63) is 28.2 Å². The van der Waals surface area contributed by atoms with E-state index < -0.39 is 21.7 Å². The Kier molecular flexibility index (Phi) is 7.02. The molecule has 0 heterocycles. The molecule has 0 bridgehead atoms. The van der Waals surface area contributed by atoms with Gasteiger partial charge in [0.15, 0.2) is 5.82 Å². The number of rotatable bonds is 8. The van der Waals surface area contributed by atoms with Gasteiger partial charge in [-0.3, -0.25) is 4.72 Å². The third-order valence-electron chi connectivity index (χ3n) is 2.66. The van der Waals surface area contributed by atoms with Gasteiger partial charge in [0, 0.05) is 16.6 Å². The maximum atomic E-state index is 13.6. The van der Waals surface area contributed by atoms with Crippen LogP contribution in [0.25, 0.3) is 0 Å². The highest BCUT2D eigenvalue weighted by molar-refractivity contribution is 9.10. The van der Waals surface area contributed by atoms with Crippen LogP contribution in [0.15, 0.2) is 16.6 Å². The van der Waals surface area contributed by atoms with E-state index in [9.17, 15) is 17.2 Å². The zero-order valence-electron chi connectivity index (χ0n) is 11.9. The Morgan fingerprint density at radius 3 is 2.48 bits per heavy atom. The first-order valence-corrected chi connectivity index (χ1v) is 9.04. The molecular weight excluding hydrogens is 366 g/mol. The standard InChI is InChI=1S/C13H19BrF2N2O2S/c1-9(2)17-5-3-4-6-21(19,20)18-13-11(14)7-10(15)8-12(13)16/h7-9,17-18H,3-6H2,1-2H3. The average molecular weight is 385 g/mol. The molecule has 0 aromatic heterocycles. The van der Waals surface area contributed by atoms with Gasteiger partial charge < -0.3 is 5.32 Å². The normalized spacial score (nSPS) is 11.9. The SMILES string of the molecule is CC(C)NCCCCS(=O)(=O)Nc1c(F)cc(F)cc1Br. The Labute approximate surface area is 132 Å². The van der Waals surface area contributed by atoms with Gasteiger partial charge in [-0.25, -0.2) is 17.2 Å². The number of hydrogen-bond acceptors (Lipinski definition) is 3. The molecule has 21 heavy (non-hydrogen) atoms. The summed E-state index contributed by atoms with van der Waals surface area (Å²) >= 11 is 2.94. The molecule has 0 aliphatic heterocycles. The molecule has 0 spiro atoms. The number of sulfonamides is 1. The van der Waals surface area contributed by atoms with E-state index in [0.717, 1.165) is 12.6 Å². The fourth-order valence-electron chi connectivity index (χ4n) is 1.65. The Morgan fingerprint density at radius 2 is 1.90 bits per heavy atom. The Morgan fingerprint density at radius 1 is 1.24 bits per heavy atom. The largest absolute Gasteiger partial charge is 0.315 e. The first kappa shape index (κ1) is 18.3. The van der Waals surface area contributed by atoms with Crippen molar-refractivity contribution in [1.82, 2.24) is 5.32 Å². The number of nitrogens with one attached hydrogen (secondary N) is 2. The molecule has 1 aromatic rings. The molecule has 0 aliphatic rings. The van der Waals surface area contributed by atoms with Crippen molar-refractivity contribution in [3.63, 3.8) is 0 Å². The zero-order chi connectivity index (χ0) is 16.0. The second kappa shape index (κ2) is 8.05. The van der Waals surface area contributed by atoms with Crippen LogP contribution in [-0.2, 0) is 10.0 Å². The smallest absolute Gasteiger partial charge is 0.232 e. The summed E-state index contributed by atoms with van der Waals surface area (Å²) in [5.74, 6) is -1.84. The molecule has 4 nitrogen and oxygen atoms in total. The van der Waals surface area contributed by atoms with E-state index in [4.69, 9.17) is 0 Å². The lowest BCUT2D eigenvalue weighted by Gasteiger charge is -2.11. The van der Waals surface area contributed by atoms with Gasteiger partial charge in [0.05, 0.1) is 11.4 Å².